The minimum atomic E-state index is -1.21. The first-order valence-electron chi connectivity index (χ1n) is 7.25. The van der Waals surface area contributed by atoms with Crippen LogP contribution in [0.25, 0.3) is 0 Å². The number of Topliss-reactive ketones (excluding diaryl/α,β-unsaturated/α-hetero) is 1. The third kappa shape index (κ3) is 2.29. The second-order valence-corrected chi connectivity index (χ2v) is 5.78. The highest BCUT2D eigenvalue weighted by Crippen LogP contribution is 2.38. The van der Waals surface area contributed by atoms with Crippen LogP contribution in [0.15, 0.2) is 30.3 Å². The second-order valence-electron chi connectivity index (χ2n) is 5.78. The van der Waals surface area contributed by atoms with Crippen LogP contribution < -0.4 is 0 Å². The summed E-state index contributed by atoms with van der Waals surface area (Å²) < 4.78 is 5.30. The molecule has 0 radical (unpaired) electrons. The van der Waals surface area contributed by atoms with Crippen molar-refractivity contribution >= 4 is 17.7 Å². The van der Waals surface area contributed by atoms with Gasteiger partial charge in [0, 0.05) is 6.04 Å². The largest absolute Gasteiger partial charge is 0.481 e. The molecule has 4 atom stereocenters. The Balaban J connectivity index is 1.86. The van der Waals surface area contributed by atoms with Crippen molar-refractivity contribution in [1.29, 1.82) is 0 Å². The Morgan fingerprint density at radius 3 is 2.55 bits per heavy atom. The van der Waals surface area contributed by atoms with E-state index in [1.54, 1.807) is 42.3 Å². The fourth-order valence-corrected chi connectivity index (χ4v) is 3.49. The lowest BCUT2D eigenvalue weighted by Gasteiger charge is -2.38. The predicted molar refractivity (Wildman–Crippen MR) is 76.4 cm³/mol. The molecule has 0 aliphatic carbocycles. The lowest BCUT2D eigenvalue weighted by molar-refractivity contribution is -0.160. The number of hydrogen-bond donors (Lipinski definition) is 1. The van der Waals surface area contributed by atoms with E-state index in [2.05, 4.69) is 0 Å². The number of carboxylic acids is 1. The first kappa shape index (κ1) is 14.7. The molecule has 2 fully saturated rings. The van der Waals surface area contributed by atoms with Gasteiger partial charge in [0.2, 0.25) is 0 Å². The Labute approximate surface area is 127 Å². The quantitative estimate of drug-likeness (QED) is 0.837. The topological polar surface area (TPSA) is 83.9 Å². The molecular weight excluding hydrogens is 286 g/mol. The molecule has 4 unspecified atom stereocenters. The smallest absolute Gasteiger partial charge is 0.338 e. The van der Waals surface area contributed by atoms with Crippen molar-refractivity contribution in [2.75, 3.05) is 7.05 Å². The van der Waals surface area contributed by atoms with Crippen LogP contribution >= 0.6 is 0 Å². The fourth-order valence-electron chi connectivity index (χ4n) is 3.49. The number of ether oxygens (including phenoxy) is 1. The summed E-state index contributed by atoms with van der Waals surface area (Å²) in [6, 6.07) is 7.66. The summed E-state index contributed by atoms with van der Waals surface area (Å²) in [5.41, 5.74) is 0.311. The molecule has 2 aliphatic rings. The van der Waals surface area contributed by atoms with Crippen molar-refractivity contribution < 1.29 is 24.2 Å². The van der Waals surface area contributed by atoms with Gasteiger partial charge in [-0.1, -0.05) is 18.2 Å². The highest BCUT2D eigenvalue weighted by Gasteiger charge is 2.55. The highest BCUT2D eigenvalue weighted by atomic mass is 16.5. The van der Waals surface area contributed by atoms with E-state index in [0.717, 1.165) is 0 Å². The molecule has 2 aliphatic heterocycles. The van der Waals surface area contributed by atoms with Gasteiger partial charge in [0.25, 0.3) is 0 Å². The molecule has 0 aromatic heterocycles. The SMILES string of the molecule is CN1C2CCC1C(C(=O)O)C(OC(=O)c1ccccc1)C2=O. The zero-order chi connectivity index (χ0) is 15.9. The van der Waals surface area contributed by atoms with Crippen molar-refractivity contribution in [3.8, 4) is 0 Å². The number of fused-ring (bicyclic) bond motifs is 2. The van der Waals surface area contributed by atoms with E-state index in [-0.39, 0.29) is 17.9 Å². The summed E-state index contributed by atoms with van der Waals surface area (Å²) in [4.78, 5) is 38.0. The summed E-state index contributed by atoms with van der Waals surface area (Å²) in [6.07, 6.45) is 0.0331. The van der Waals surface area contributed by atoms with Gasteiger partial charge in [0.05, 0.1) is 11.6 Å². The first-order valence-corrected chi connectivity index (χ1v) is 7.25. The van der Waals surface area contributed by atoms with Crippen LogP contribution in [0.2, 0.25) is 0 Å². The number of piperidine rings is 1. The third-order valence-electron chi connectivity index (χ3n) is 4.63. The maximum Gasteiger partial charge on any atom is 0.338 e. The number of carbonyl (C=O) groups is 3. The van der Waals surface area contributed by atoms with Crippen LogP contribution in [-0.2, 0) is 14.3 Å². The van der Waals surface area contributed by atoms with Crippen molar-refractivity contribution in [2.24, 2.45) is 5.92 Å². The molecular formula is C16H17NO5. The molecule has 1 aromatic rings. The number of carbonyl (C=O) groups excluding carboxylic acids is 2. The van der Waals surface area contributed by atoms with Crippen molar-refractivity contribution in [1.82, 2.24) is 4.90 Å². The molecule has 2 saturated heterocycles. The Bertz CT molecular complexity index is 614. The zero-order valence-electron chi connectivity index (χ0n) is 12.1. The molecule has 0 saturated carbocycles. The third-order valence-corrected chi connectivity index (χ3v) is 4.63. The number of esters is 1. The molecule has 2 bridgehead atoms. The van der Waals surface area contributed by atoms with Gasteiger partial charge in [-0.05, 0) is 32.0 Å². The predicted octanol–water partition coefficient (Wildman–Crippen LogP) is 0.958. The first-order chi connectivity index (χ1) is 10.5. The van der Waals surface area contributed by atoms with Gasteiger partial charge in [-0.2, -0.15) is 0 Å². The standard InChI is InChI=1S/C16H17NO5/c1-17-10-7-8-11(17)13(18)14(12(10)15(19)20)22-16(21)9-5-3-2-4-6-9/h2-6,10-12,14H,7-8H2,1H3,(H,19,20). The second kappa shape index (κ2) is 5.53. The van der Waals surface area contributed by atoms with Gasteiger partial charge in [0.15, 0.2) is 11.9 Å². The molecule has 1 aromatic carbocycles. The van der Waals surface area contributed by atoms with E-state index < -0.39 is 24.0 Å². The number of rotatable bonds is 3. The Kier molecular flexibility index (Phi) is 3.70. The van der Waals surface area contributed by atoms with E-state index in [0.29, 0.717) is 18.4 Å². The number of likely N-dealkylation sites (N-methyl/N-ethyl adjacent to an activating group) is 1. The van der Waals surface area contributed by atoms with Crippen molar-refractivity contribution in [3.63, 3.8) is 0 Å². The van der Waals surface area contributed by atoms with Crippen LogP contribution in [0.4, 0.5) is 0 Å². The molecule has 1 N–H and O–H groups in total. The fraction of sp³-hybridized carbons (Fsp3) is 0.438. The lowest BCUT2D eigenvalue weighted by atomic mass is 9.86. The van der Waals surface area contributed by atoms with Crippen LogP contribution in [0, 0.1) is 5.92 Å². The van der Waals surface area contributed by atoms with Gasteiger partial charge in [0.1, 0.15) is 5.92 Å². The molecule has 3 rings (SSSR count). The normalized spacial score (nSPS) is 31.0. The van der Waals surface area contributed by atoms with E-state index in [1.165, 1.54) is 0 Å². The van der Waals surface area contributed by atoms with Crippen molar-refractivity contribution in [3.05, 3.63) is 35.9 Å². The number of benzene rings is 1. The van der Waals surface area contributed by atoms with Gasteiger partial charge >= 0.3 is 11.9 Å². The summed E-state index contributed by atoms with van der Waals surface area (Å²) in [7, 11) is 1.76. The van der Waals surface area contributed by atoms with Crippen LogP contribution in [0.3, 0.4) is 0 Å². The van der Waals surface area contributed by atoms with Crippen LogP contribution in [0.5, 0.6) is 0 Å². The van der Waals surface area contributed by atoms with E-state index in [4.69, 9.17) is 4.74 Å². The van der Waals surface area contributed by atoms with Crippen molar-refractivity contribution in [2.45, 2.75) is 31.0 Å². The minimum absolute atomic E-state index is 0.270. The zero-order valence-corrected chi connectivity index (χ0v) is 12.1. The number of carboxylic acid groups (broad SMARTS) is 1. The summed E-state index contributed by atoms with van der Waals surface area (Å²) >= 11 is 0. The molecule has 0 spiro atoms. The van der Waals surface area contributed by atoms with Gasteiger partial charge in [-0.15, -0.1) is 0 Å². The van der Waals surface area contributed by atoms with Crippen LogP contribution in [-0.4, -0.2) is 53.0 Å². The summed E-state index contributed by atoms with van der Waals surface area (Å²) in [5, 5.41) is 9.48. The van der Waals surface area contributed by atoms with E-state index >= 15 is 0 Å². The maximum atomic E-state index is 12.5. The van der Waals surface area contributed by atoms with Gasteiger partial charge < -0.3 is 9.84 Å². The molecule has 0 amide bonds. The Morgan fingerprint density at radius 2 is 1.91 bits per heavy atom. The highest BCUT2D eigenvalue weighted by molar-refractivity contribution is 5.98. The van der Waals surface area contributed by atoms with E-state index in [1.807, 2.05) is 0 Å². The molecule has 6 heteroatoms. The lowest BCUT2D eigenvalue weighted by Crippen LogP contribution is -2.59. The number of nitrogens with zero attached hydrogens (tertiary/aromatic N) is 1. The Morgan fingerprint density at radius 1 is 1.23 bits per heavy atom. The van der Waals surface area contributed by atoms with Crippen LogP contribution in [0.1, 0.15) is 23.2 Å². The van der Waals surface area contributed by atoms with Gasteiger partial charge in [-0.25, -0.2) is 4.79 Å². The van der Waals surface area contributed by atoms with Gasteiger partial charge in [-0.3, -0.25) is 14.5 Å². The minimum Gasteiger partial charge on any atom is -0.481 e. The average Bonchev–Trinajstić information content (AvgIpc) is 2.80. The number of ketones is 1. The average molecular weight is 303 g/mol. The van der Waals surface area contributed by atoms with E-state index in [9.17, 15) is 19.5 Å². The molecule has 6 nitrogen and oxygen atoms in total. The summed E-state index contributed by atoms with van der Waals surface area (Å²) in [5.74, 6) is -3.08. The summed E-state index contributed by atoms with van der Waals surface area (Å²) in [6.45, 7) is 0. The molecule has 116 valence electrons. The monoisotopic (exact) mass is 303 g/mol. The maximum absolute atomic E-state index is 12.5. The Hall–Kier alpha value is -2.21. The number of aliphatic carboxylic acids is 1. The molecule has 22 heavy (non-hydrogen) atoms. The molecule has 2 heterocycles. The number of hydrogen-bond acceptors (Lipinski definition) is 5.